The number of terminal acetylenes is 1. The molecule has 0 aromatic heterocycles. The molecule has 3 N–H and O–H groups in total. The molecule has 4 atom stereocenters. The van der Waals surface area contributed by atoms with Gasteiger partial charge in [-0.25, -0.2) is 0 Å². The number of nitrogens with two attached hydrogens (primary N) is 1. The van der Waals surface area contributed by atoms with Gasteiger partial charge in [-0.3, -0.25) is 0 Å². The molecule has 0 spiro atoms. The quantitative estimate of drug-likeness (QED) is 0.596. The van der Waals surface area contributed by atoms with Gasteiger partial charge in [0.15, 0.2) is 0 Å². The van der Waals surface area contributed by atoms with E-state index in [0.29, 0.717) is 5.92 Å². The van der Waals surface area contributed by atoms with Crippen molar-refractivity contribution in [3.8, 4) is 12.3 Å². The highest BCUT2D eigenvalue weighted by Crippen LogP contribution is 2.25. The Balaban J connectivity index is 1.47. The average Bonchev–Trinajstić information content (AvgIpc) is 2.56. The van der Waals surface area contributed by atoms with Gasteiger partial charge in [-0.1, -0.05) is 18.1 Å². The molecule has 2 bridgehead atoms. The molecular weight excluding hydrogens is 276 g/mol. The van der Waals surface area contributed by atoms with Crippen molar-refractivity contribution in [3.05, 3.63) is 29.8 Å². The molecule has 3 aliphatic heterocycles. The number of nitrogens with one attached hydrogen (secondary N) is 1. The summed E-state index contributed by atoms with van der Waals surface area (Å²) in [5.41, 5.74) is 1.43. The normalized spacial score (nSPS) is 31.0. The first-order valence-corrected chi connectivity index (χ1v) is 9.28. The highest BCUT2D eigenvalue weighted by molar-refractivity contribution is 7.98. The number of hydrogen-bond donors (Lipinski definition) is 2. The lowest BCUT2D eigenvalue weighted by atomic mass is 9.76. The summed E-state index contributed by atoms with van der Waals surface area (Å²) in [4.78, 5) is 3.11. The van der Waals surface area contributed by atoms with E-state index < -0.39 is 0 Å². The fourth-order valence-corrected chi connectivity index (χ4v) is 4.39. The van der Waals surface area contributed by atoms with Crippen molar-refractivity contribution < 1.29 is 10.2 Å². The van der Waals surface area contributed by atoms with Crippen LogP contribution in [-0.4, -0.2) is 31.9 Å². The van der Waals surface area contributed by atoms with Gasteiger partial charge in [-0.2, -0.15) is 0 Å². The molecule has 3 heterocycles. The third-order valence-electron chi connectivity index (χ3n) is 5.26. The van der Waals surface area contributed by atoms with Crippen molar-refractivity contribution in [3.63, 3.8) is 0 Å². The predicted molar refractivity (Wildman–Crippen MR) is 88.3 cm³/mol. The number of benzene rings is 1. The summed E-state index contributed by atoms with van der Waals surface area (Å²) in [6.07, 6.45) is 10.5. The second-order valence-corrected chi connectivity index (χ2v) is 7.32. The summed E-state index contributed by atoms with van der Waals surface area (Å²) in [5.74, 6) is 4.36. The molecule has 112 valence electrons. The van der Waals surface area contributed by atoms with E-state index >= 15 is 0 Å². The van der Waals surface area contributed by atoms with E-state index in [4.69, 9.17) is 6.42 Å². The second kappa shape index (κ2) is 6.87. The van der Waals surface area contributed by atoms with Gasteiger partial charge in [0.05, 0.1) is 19.0 Å². The summed E-state index contributed by atoms with van der Waals surface area (Å²) in [5, 5.41) is 2.48. The van der Waals surface area contributed by atoms with Crippen molar-refractivity contribution in [1.82, 2.24) is 0 Å². The zero-order valence-corrected chi connectivity index (χ0v) is 13.7. The van der Waals surface area contributed by atoms with Crippen LogP contribution in [0.15, 0.2) is 29.2 Å². The van der Waals surface area contributed by atoms with E-state index in [2.05, 4.69) is 41.8 Å². The first-order valence-electron chi connectivity index (χ1n) is 8.05. The Bertz CT molecular complexity index is 505. The molecule has 0 saturated carbocycles. The fourth-order valence-electron chi connectivity index (χ4n) is 3.98. The third kappa shape index (κ3) is 3.45. The lowest BCUT2D eigenvalue weighted by molar-refractivity contribution is -0.958. The number of hydrogen-bond acceptors (Lipinski definition) is 1. The van der Waals surface area contributed by atoms with Crippen LogP contribution >= 0.6 is 11.8 Å². The van der Waals surface area contributed by atoms with Crippen LogP contribution in [0, 0.1) is 24.2 Å². The first kappa shape index (κ1) is 15.0. The van der Waals surface area contributed by atoms with Gasteiger partial charge in [0.1, 0.15) is 19.1 Å². The van der Waals surface area contributed by atoms with E-state index in [1.165, 1.54) is 42.9 Å². The van der Waals surface area contributed by atoms with Gasteiger partial charge in [-0.05, 0) is 24.3 Å². The number of fused-ring (bicyclic) bond motifs is 3. The van der Waals surface area contributed by atoms with Crippen LogP contribution < -0.4 is 10.2 Å². The molecule has 3 fully saturated rings. The van der Waals surface area contributed by atoms with Crippen LogP contribution in [0.2, 0.25) is 0 Å². The maximum absolute atomic E-state index is 5.66. The van der Waals surface area contributed by atoms with Crippen molar-refractivity contribution in [2.45, 2.75) is 30.3 Å². The fraction of sp³-hybridized carbons (Fsp3) is 0.556. The van der Waals surface area contributed by atoms with Gasteiger partial charge in [-0.15, -0.1) is 18.2 Å². The molecule has 1 aromatic rings. The minimum absolute atomic E-state index is 0.545. The third-order valence-corrected chi connectivity index (χ3v) is 6.00. The summed E-state index contributed by atoms with van der Waals surface area (Å²) < 4.78 is 0. The number of rotatable bonds is 5. The lowest BCUT2D eigenvalue weighted by Crippen LogP contribution is -3.21. The van der Waals surface area contributed by atoms with Gasteiger partial charge < -0.3 is 10.2 Å². The smallest absolute Gasteiger partial charge is 0.137 e. The Labute approximate surface area is 132 Å². The van der Waals surface area contributed by atoms with Crippen LogP contribution in [0.3, 0.4) is 0 Å². The van der Waals surface area contributed by atoms with Crippen LogP contribution in [0.1, 0.15) is 18.4 Å². The van der Waals surface area contributed by atoms with Gasteiger partial charge in [0.2, 0.25) is 0 Å². The summed E-state index contributed by atoms with van der Waals surface area (Å²) in [6, 6.07) is 9.79. The Morgan fingerprint density at radius 2 is 2.19 bits per heavy atom. The van der Waals surface area contributed by atoms with E-state index in [1.807, 2.05) is 0 Å². The highest BCUT2D eigenvalue weighted by Gasteiger charge is 2.43. The van der Waals surface area contributed by atoms with Crippen molar-refractivity contribution in [2.75, 3.05) is 25.9 Å². The first-order chi connectivity index (χ1) is 10.3. The molecule has 3 saturated heterocycles. The standard InChI is InChI=1S/C18H24N2S/c1-3-15-13-20-9-8-16(15)10-17(20)12-19-11-14-4-6-18(21-2)7-5-14/h1,4-7,15-17,19H,8-13H2,2H3/p+2/t15-,16-,17+/m0/s1. The topological polar surface area (TPSA) is 21.1 Å². The van der Waals surface area contributed by atoms with E-state index in [9.17, 15) is 0 Å². The average molecular weight is 302 g/mol. The van der Waals surface area contributed by atoms with E-state index in [0.717, 1.165) is 18.5 Å². The molecule has 1 aromatic carbocycles. The molecule has 2 nitrogen and oxygen atoms in total. The van der Waals surface area contributed by atoms with Crippen LogP contribution in [-0.2, 0) is 6.54 Å². The Morgan fingerprint density at radius 1 is 1.38 bits per heavy atom. The zero-order valence-electron chi connectivity index (χ0n) is 12.8. The number of piperidine rings is 3. The van der Waals surface area contributed by atoms with Gasteiger partial charge in [0.25, 0.3) is 0 Å². The minimum atomic E-state index is 0.545. The monoisotopic (exact) mass is 302 g/mol. The molecule has 0 radical (unpaired) electrons. The van der Waals surface area contributed by atoms with Crippen molar-refractivity contribution in [2.24, 2.45) is 11.8 Å². The van der Waals surface area contributed by atoms with E-state index in [-0.39, 0.29) is 0 Å². The molecule has 21 heavy (non-hydrogen) atoms. The van der Waals surface area contributed by atoms with Crippen molar-refractivity contribution >= 4 is 11.8 Å². The van der Waals surface area contributed by atoms with Crippen LogP contribution in [0.4, 0.5) is 0 Å². The molecular formula is C18H26N2S+2. The SMILES string of the molecule is C#C[C@H]1C[NH+]2CC[C@H]1C[C@@H]2C[NH2+]Cc1ccc(SC)cc1. The summed E-state index contributed by atoms with van der Waals surface area (Å²) in [7, 11) is 0. The summed E-state index contributed by atoms with van der Waals surface area (Å²) in [6.45, 7) is 4.89. The van der Waals surface area contributed by atoms with Gasteiger partial charge >= 0.3 is 0 Å². The highest BCUT2D eigenvalue weighted by atomic mass is 32.2. The Hall–Kier alpha value is -0.950. The van der Waals surface area contributed by atoms with Crippen molar-refractivity contribution in [1.29, 1.82) is 0 Å². The Kier molecular flexibility index (Phi) is 4.90. The zero-order chi connectivity index (χ0) is 14.7. The molecule has 1 unspecified atom stereocenters. The maximum atomic E-state index is 5.66. The molecule has 3 aliphatic rings. The number of thioether (sulfide) groups is 1. The second-order valence-electron chi connectivity index (χ2n) is 6.44. The molecule has 0 aliphatic carbocycles. The maximum Gasteiger partial charge on any atom is 0.137 e. The predicted octanol–water partition coefficient (Wildman–Crippen LogP) is 0.398. The van der Waals surface area contributed by atoms with Gasteiger partial charge in [0, 0.05) is 23.3 Å². The van der Waals surface area contributed by atoms with Crippen LogP contribution in [0.5, 0.6) is 0 Å². The van der Waals surface area contributed by atoms with Crippen LogP contribution in [0.25, 0.3) is 0 Å². The minimum Gasteiger partial charge on any atom is -0.338 e. The summed E-state index contributed by atoms with van der Waals surface area (Å²) >= 11 is 1.80. The lowest BCUT2D eigenvalue weighted by Gasteiger charge is -2.44. The molecule has 0 amide bonds. The largest absolute Gasteiger partial charge is 0.338 e. The molecule has 3 heteroatoms. The molecule has 4 rings (SSSR count). The number of quaternary nitrogens is 2. The van der Waals surface area contributed by atoms with E-state index in [1.54, 1.807) is 16.7 Å². The Morgan fingerprint density at radius 3 is 2.81 bits per heavy atom.